The van der Waals surface area contributed by atoms with E-state index in [1.165, 1.54) is 5.56 Å². The number of allylic oxidation sites excluding steroid dienone is 1. The second-order valence-corrected chi connectivity index (χ2v) is 9.00. The number of benzene rings is 3. The highest BCUT2D eigenvalue weighted by Crippen LogP contribution is 2.41. The summed E-state index contributed by atoms with van der Waals surface area (Å²) in [5, 5.41) is 11.3. The number of aryl methyl sites for hydroxylation is 1. The fourth-order valence-corrected chi connectivity index (χ4v) is 4.79. The van der Waals surface area contributed by atoms with E-state index in [2.05, 4.69) is 19.1 Å². The van der Waals surface area contributed by atoms with Gasteiger partial charge in [-0.1, -0.05) is 116 Å². The van der Waals surface area contributed by atoms with Crippen LogP contribution < -0.4 is 0 Å². The summed E-state index contributed by atoms with van der Waals surface area (Å²) < 4.78 is 6.18. The van der Waals surface area contributed by atoms with Crippen molar-refractivity contribution in [3.05, 3.63) is 125 Å². The van der Waals surface area contributed by atoms with Gasteiger partial charge < -0.3 is 9.84 Å². The minimum Gasteiger partial charge on any atom is -0.512 e. The summed E-state index contributed by atoms with van der Waals surface area (Å²) in [6.45, 7) is 2.09. The quantitative estimate of drug-likeness (QED) is 0.344. The maximum atomic E-state index is 13.5. The summed E-state index contributed by atoms with van der Waals surface area (Å²) in [7, 11) is 0. The molecule has 0 spiro atoms. The Kier molecular flexibility index (Phi) is 7.64. The first-order valence-electron chi connectivity index (χ1n) is 12.1. The molecule has 34 heavy (non-hydrogen) atoms. The largest absolute Gasteiger partial charge is 0.512 e. The van der Waals surface area contributed by atoms with E-state index in [1.54, 1.807) is 0 Å². The molecule has 3 aromatic rings. The van der Waals surface area contributed by atoms with Gasteiger partial charge in [-0.05, 0) is 36.0 Å². The van der Waals surface area contributed by atoms with Gasteiger partial charge in [0, 0.05) is 12.3 Å². The number of ether oxygens (including phenoxy) is 1. The molecule has 3 nitrogen and oxygen atoms in total. The Labute approximate surface area is 202 Å². The van der Waals surface area contributed by atoms with Gasteiger partial charge in [0.15, 0.2) is 0 Å². The molecule has 0 fully saturated rings. The minimum absolute atomic E-state index is 0.143. The van der Waals surface area contributed by atoms with Gasteiger partial charge in [0.05, 0.1) is 5.57 Å². The summed E-state index contributed by atoms with van der Waals surface area (Å²) in [6.07, 6.45) is 7.40. The normalized spacial score (nSPS) is 19.3. The molecule has 0 bridgehead atoms. The van der Waals surface area contributed by atoms with E-state index >= 15 is 0 Å². The molecule has 1 aliphatic heterocycles. The molecule has 4 rings (SSSR count). The molecule has 2 atom stereocenters. The lowest BCUT2D eigenvalue weighted by molar-refractivity contribution is -0.161. The van der Waals surface area contributed by atoms with Gasteiger partial charge in [-0.3, -0.25) is 0 Å². The van der Waals surface area contributed by atoms with Crippen LogP contribution in [-0.4, -0.2) is 16.7 Å². The highest BCUT2D eigenvalue weighted by molar-refractivity contribution is 5.93. The maximum Gasteiger partial charge on any atom is 0.338 e. The Morgan fingerprint density at radius 2 is 1.53 bits per heavy atom. The Morgan fingerprint density at radius 3 is 2.15 bits per heavy atom. The first-order valence-corrected chi connectivity index (χ1v) is 12.1. The van der Waals surface area contributed by atoms with E-state index in [0.29, 0.717) is 18.4 Å². The van der Waals surface area contributed by atoms with Crippen LogP contribution in [0.5, 0.6) is 0 Å². The summed E-state index contributed by atoms with van der Waals surface area (Å²) in [4.78, 5) is 13.5. The molecule has 2 unspecified atom stereocenters. The number of carbonyl (C=O) groups excluding carboxylic acids is 1. The van der Waals surface area contributed by atoms with Crippen LogP contribution in [0.15, 0.2) is 108 Å². The predicted molar refractivity (Wildman–Crippen MR) is 137 cm³/mol. The Morgan fingerprint density at radius 1 is 0.912 bits per heavy atom. The summed E-state index contributed by atoms with van der Waals surface area (Å²) in [5.41, 5.74) is 2.84. The van der Waals surface area contributed by atoms with Gasteiger partial charge in [-0.2, -0.15) is 0 Å². The number of aliphatic hydroxyl groups excluding tert-OH is 1. The molecular formula is C31H32O3. The topological polar surface area (TPSA) is 46.5 Å². The van der Waals surface area contributed by atoms with Crippen LogP contribution in [0.3, 0.4) is 0 Å². The van der Waals surface area contributed by atoms with Crippen LogP contribution in [0.2, 0.25) is 0 Å². The Hall–Kier alpha value is -3.59. The van der Waals surface area contributed by atoms with Gasteiger partial charge >= 0.3 is 5.97 Å². The summed E-state index contributed by atoms with van der Waals surface area (Å²) >= 11 is 0. The number of rotatable bonds is 9. The fraction of sp³-hybridized carbons (Fsp3) is 0.258. The summed E-state index contributed by atoms with van der Waals surface area (Å²) in [6, 6.07) is 30.0. The van der Waals surface area contributed by atoms with Crippen LogP contribution in [0.4, 0.5) is 0 Å². The lowest BCUT2D eigenvalue weighted by Crippen LogP contribution is -2.41. The van der Waals surface area contributed by atoms with Crippen molar-refractivity contribution in [3.8, 4) is 0 Å². The van der Waals surface area contributed by atoms with Crippen molar-refractivity contribution in [1.82, 2.24) is 0 Å². The Balaban J connectivity index is 1.65. The van der Waals surface area contributed by atoms with Crippen molar-refractivity contribution in [2.75, 3.05) is 0 Å². The highest BCUT2D eigenvalue weighted by Gasteiger charge is 2.42. The standard InChI is InChI=1S/C31H32O3/c1-2-21-31(22-20-25-14-8-4-9-15-25)23-28(32)29(30(33)34-31)27(26-16-10-5-11-17-26)19-18-24-12-6-3-7-13-24/h3-19,27,32H,2,20-23H2,1H3/b19-18+. The van der Waals surface area contributed by atoms with Crippen LogP contribution in [-0.2, 0) is 16.0 Å². The third-order valence-corrected chi connectivity index (χ3v) is 6.50. The number of esters is 1. The van der Waals surface area contributed by atoms with Crippen LogP contribution >= 0.6 is 0 Å². The molecule has 0 saturated carbocycles. The highest BCUT2D eigenvalue weighted by atomic mass is 16.6. The molecule has 0 radical (unpaired) electrons. The van der Waals surface area contributed by atoms with Gasteiger partial charge in [-0.25, -0.2) is 4.79 Å². The molecule has 0 saturated heterocycles. The van der Waals surface area contributed by atoms with Gasteiger partial charge in [0.1, 0.15) is 11.4 Å². The molecule has 1 heterocycles. The van der Waals surface area contributed by atoms with E-state index in [-0.39, 0.29) is 11.7 Å². The zero-order valence-corrected chi connectivity index (χ0v) is 19.7. The van der Waals surface area contributed by atoms with Crippen molar-refractivity contribution in [2.45, 2.75) is 50.5 Å². The second kappa shape index (κ2) is 11.0. The van der Waals surface area contributed by atoms with Crippen molar-refractivity contribution in [1.29, 1.82) is 0 Å². The van der Waals surface area contributed by atoms with Crippen molar-refractivity contribution in [2.24, 2.45) is 0 Å². The third kappa shape index (κ3) is 5.66. The zero-order chi connectivity index (χ0) is 23.8. The average Bonchev–Trinajstić information content (AvgIpc) is 2.86. The minimum atomic E-state index is -0.681. The van der Waals surface area contributed by atoms with Gasteiger partial charge in [0.2, 0.25) is 0 Å². The third-order valence-electron chi connectivity index (χ3n) is 6.50. The monoisotopic (exact) mass is 452 g/mol. The lowest BCUT2D eigenvalue weighted by atomic mass is 9.80. The lowest BCUT2D eigenvalue weighted by Gasteiger charge is -2.38. The molecule has 3 aromatic carbocycles. The van der Waals surface area contributed by atoms with E-state index < -0.39 is 11.6 Å². The van der Waals surface area contributed by atoms with Crippen LogP contribution in [0.25, 0.3) is 6.08 Å². The average molecular weight is 453 g/mol. The number of carbonyl (C=O) groups is 1. The van der Waals surface area contributed by atoms with Gasteiger partial charge in [-0.15, -0.1) is 0 Å². The van der Waals surface area contributed by atoms with Gasteiger partial charge in [0.25, 0.3) is 0 Å². The zero-order valence-electron chi connectivity index (χ0n) is 19.7. The predicted octanol–water partition coefficient (Wildman–Crippen LogP) is 7.41. The molecule has 1 N–H and O–H groups in total. The first-order chi connectivity index (χ1) is 16.6. The Bertz CT molecular complexity index is 1130. The first kappa shape index (κ1) is 23.6. The molecular weight excluding hydrogens is 420 g/mol. The van der Waals surface area contributed by atoms with Crippen molar-refractivity contribution >= 4 is 12.0 Å². The van der Waals surface area contributed by atoms with E-state index in [0.717, 1.165) is 30.4 Å². The molecule has 0 aromatic heterocycles. The molecule has 1 aliphatic rings. The molecule has 0 aliphatic carbocycles. The van der Waals surface area contributed by atoms with Crippen LogP contribution in [0.1, 0.15) is 55.2 Å². The second-order valence-electron chi connectivity index (χ2n) is 9.00. The SMILES string of the molecule is CCCC1(CCc2ccccc2)CC(O)=C(C(/C=C/c2ccccc2)c2ccccc2)C(=O)O1. The molecule has 3 heteroatoms. The molecule has 0 amide bonds. The maximum absolute atomic E-state index is 13.5. The van der Waals surface area contributed by atoms with Crippen LogP contribution in [0, 0.1) is 0 Å². The van der Waals surface area contributed by atoms with E-state index in [1.807, 2.05) is 91.0 Å². The smallest absolute Gasteiger partial charge is 0.338 e. The molecule has 174 valence electrons. The number of aliphatic hydroxyl groups is 1. The summed E-state index contributed by atoms with van der Waals surface area (Å²) in [5.74, 6) is -0.663. The number of cyclic esters (lactones) is 1. The fourth-order valence-electron chi connectivity index (χ4n) is 4.79. The number of hydrogen-bond donors (Lipinski definition) is 1. The number of hydrogen-bond acceptors (Lipinski definition) is 3. The van der Waals surface area contributed by atoms with E-state index in [4.69, 9.17) is 4.74 Å². The van der Waals surface area contributed by atoms with E-state index in [9.17, 15) is 9.90 Å². The van der Waals surface area contributed by atoms with Crippen molar-refractivity contribution in [3.63, 3.8) is 0 Å². The van der Waals surface area contributed by atoms with Crippen molar-refractivity contribution < 1.29 is 14.6 Å².